The van der Waals surface area contributed by atoms with Crippen molar-refractivity contribution in [3.63, 3.8) is 0 Å². The minimum absolute atomic E-state index is 0.0817. The van der Waals surface area contributed by atoms with Crippen molar-refractivity contribution in [3.05, 3.63) is 12.2 Å². The fourth-order valence-corrected chi connectivity index (χ4v) is 3.08. The first-order valence-electron chi connectivity index (χ1n) is 6.16. The highest BCUT2D eigenvalue weighted by Gasteiger charge is 2.38. The summed E-state index contributed by atoms with van der Waals surface area (Å²) in [5.41, 5.74) is 0. The zero-order valence-corrected chi connectivity index (χ0v) is 9.56. The average Bonchev–Trinajstić information content (AvgIpc) is 2.85. The van der Waals surface area contributed by atoms with Gasteiger partial charge < -0.3 is 9.84 Å². The van der Waals surface area contributed by atoms with Crippen LogP contribution >= 0.6 is 0 Å². The van der Waals surface area contributed by atoms with Gasteiger partial charge in [0.1, 0.15) is 0 Å². The van der Waals surface area contributed by atoms with Crippen molar-refractivity contribution in [2.45, 2.75) is 38.2 Å². The van der Waals surface area contributed by atoms with E-state index >= 15 is 0 Å². The molecule has 4 atom stereocenters. The number of hydrogen-bond acceptors (Lipinski definition) is 2. The highest BCUT2D eigenvalue weighted by molar-refractivity contribution is 5.11. The van der Waals surface area contributed by atoms with Crippen LogP contribution in [0.3, 0.4) is 0 Å². The SMILES string of the molecule is COCCCCC(O)C1CC2C=CC1C2. The Morgan fingerprint density at radius 3 is 2.80 bits per heavy atom. The fraction of sp³-hybridized carbons (Fsp3) is 0.846. The monoisotopic (exact) mass is 210 g/mol. The molecule has 15 heavy (non-hydrogen) atoms. The van der Waals surface area contributed by atoms with Gasteiger partial charge in [-0.25, -0.2) is 0 Å². The van der Waals surface area contributed by atoms with E-state index in [0.717, 1.165) is 31.8 Å². The van der Waals surface area contributed by atoms with Gasteiger partial charge in [0.25, 0.3) is 0 Å². The number of unbranched alkanes of at least 4 members (excludes halogenated alkanes) is 1. The zero-order valence-electron chi connectivity index (χ0n) is 9.56. The predicted octanol–water partition coefficient (Wildman–Crippen LogP) is 2.38. The zero-order chi connectivity index (χ0) is 10.7. The molecule has 1 N–H and O–H groups in total. The summed E-state index contributed by atoms with van der Waals surface area (Å²) in [5.74, 6) is 1.99. The van der Waals surface area contributed by atoms with Crippen molar-refractivity contribution in [2.24, 2.45) is 17.8 Å². The summed E-state index contributed by atoms with van der Waals surface area (Å²) in [6, 6.07) is 0. The van der Waals surface area contributed by atoms with Crippen LogP contribution in [0.4, 0.5) is 0 Å². The van der Waals surface area contributed by atoms with E-state index in [1.54, 1.807) is 7.11 Å². The number of methoxy groups -OCH3 is 1. The number of hydrogen-bond donors (Lipinski definition) is 1. The molecule has 0 heterocycles. The van der Waals surface area contributed by atoms with Gasteiger partial charge in [0.2, 0.25) is 0 Å². The maximum absolute atomic E-state index is 10.1. The third kappa shape index (κ3) is 2.61. The van der Waals surface area contributed by atoms with Gasteiger partial charge in [0.05, 0.1) is 6.10 Å². The second kappa shape index (κ2) is 5.13. The van der Waals surface area contributed by atoms with Crippen LogP contribution < -0.4 is 0 Å². The van der Waals surface area contributed by atoms with E-state index in [-0.39, 0.29) is 6.10 Å². The lowest BCUT2D eigenvalue weighted by Gasteiger charge is -2.24. The minimum atomic E-state index is -0.0817. The fourth-order valence-electron chi connectivity index (χ4n) is 3.08. The first-order chi connectivity index (χ1) is 7.31. The molecule has 1 fully saturated rings. The van der Waals surface area contributed by atoms with Crippen molar-refractivity contribution in [1.29, 1.82) is 0 Å². The molecule has 2 heteroatoms. The summed E-state index contributed by atoms with van der Waals surface area (Å²) >= 11 is 0. The van der Waals surface area contributed by atoms with Crippen LogP contribution in [-0.2, 0) is 4.74 Å². The molecule has 0 radical (unpaired) electrons. The van der Waals surface area contributed by atoms with Crippen molar-refractivity contribution < 1.29 is 9.84 Å². The number of allylic oxidation sites excluding steroid dienone is 2. The second-order valence-electron chi connectivity index (χ2n) is 5.00. The van der Waals surface area contributed by atoms with E-state index in [1.165, 1.54) is 12.8 Å². The Kier molecular flexibility index (Phi) is 3.81. The van der Waals surface area contributed by atoms with Crippen LogP contribution in [0.5, 0.6) is 0 Å². The van der Waals surface area contributed by atoms with Crippen LogP contribution in [0.15, 0.2) is 12.2 Å². The summed E-state index contributed by atoms with van der Waals surface area (Å²) in [6.45, 7) is 0.823. The first kappa shape index (κ1) is 11.2. The van der Waals surface area contributed by atoms with Gasteiger partial charge in [-0.3, -0.25) is 0 Å². The molecule has 0 aromatic heterocycles. The van der Waals surface area contributed by atoms with Gasteiger partial charge in [-0.2, -0.15) is 0 Å². The molecule has 0 aromatic carbocycles. The maximum atomic E-state index is 10.1. The van der Waals surface area contributed by atoms with Crippen LogP contribution in [0, 0.1) is 17.8 Å². The third-order valence-electron chi connectivity index (χ3n) is 3.92. The second-order valence-corrected chi connectivity index (χ2v) is 5.00. The Morgan fingerprint density at radius 1 is 1.33 bits per heavy atom. The Bertz CT molecular complexity index is 225. The molecule has 2 aliphatic rings. The normalized spacial score (nSPS) is 34.9. The lowest BCUT2D eigenvalue weighted by Crippen LogP contribution is -2.24. The van der Waals surface area contributed by atoms with Crippen molar-refractivity contribution in [1.82, 2.24) is 0 Å². The number of aliphatic hydroxyl groups is 1. The average molecular weight is 210 g/mol. The molecule has 2 aliphatic carbocycles. The highest BCUT2D eigenvalue weighted by Crippen LogP contribution is 2.45. The van der Waals surface area contributed by atoms with E-state index in [1.807, 2.05) is 0 Å². The van der Waals surface area contributed by atoms with Crippen molar-refractivity contribution in [3.8, 4) is 0 Å². The van der Waals surface area contributed by atoms with Gasteiger partial charge in [0, 0.05) is 13.7 Å². The summed E-state index contributed by atoms with van der Waals surface area (Å²) in [5, 5.41) is 10.1. The Labute approximate surface area is 92.3 Å². The van der Waals surface area contributed by atoms with E-state index in [9.17, 15) is 5.11 Å². The van der Waals surface area contributed by atoms with E-state index in [4.69, 9.17) is 4.74 Å². The summed E-state index contributed by atoms with van der Waals surface area (Å²) in [4.78, 5) is 0. The Hall–Kier alpha value is -0.340. The quantitative estimate of drug-likeness (QED) is 0.539. The molecule has 0 spiro atoms. The molecule has 0 amide bonds. The van der Waals surface area contributed by atoms with E-state index < -0.39 is 0 Å². The Morgan fingerprint density at radius 2 is 2.20 bits per heavy atom. The molecule has 86 valence electrons. The van der Waals surface area contributed by atoms with Crippen LogP contribution in [0.1, 0.15) is 32.1 Å². The lowest BCUT2D eigenvalue weighted by molar-refractivity contribution is 0.0798. The first-order valence-corrected chi connectivity index (χ1v) is 6.16. The molecule has 2 rings (SSSR count). The summed E-state index contributed by atoms with van der Waals surface area (Å²) < 4.78 is 5.01. The topological polar surface area (TPSA) is 29.5 Å². The number of rotatable bonds is 6. The smallest absolute Gasteiger partial charge is 0.0574 e. The molecule has 2 nitrogen and oxygen atoms in total. The molecule has 4 unspecified atom stereocenters. The van der Waals surface area contributed by atoms with Gasteiger partial charge in [-0.15, -0.1) is 0 Å². The van der Waals surface area contributed by atoms with Gasteiger partial charge in [-0.05, 0) is 49.9 Å². The molecule has 0 aromatic rings. The minimum Gasteiger partial charge on any atom is -0.393 e. The third-order valence-corrected chi connectivity index (χ3v) is 3.92. The molecule has 0 saturated heterocycles. The molecular formula is C13H22O2. The Balaban J connectivity index is 1.68. The van der Waals surface area contributed by atoms with Gasteiger partial charge in [0.15, 0.2) is 0 Å². The van der Waals surface area contributed by atoms with Gasteiger partial charge >= 0.3 is 0 Å². The lowest BCUT2D eigenvalue weighted by atomic mass is 9.86. The van der Waals surface area contributed by atoms with Gasteiger partial charge in [-0.1, -0.05) is 12.2 Å². The molecule has 0 aliphatic heterocycles. The number of aliphatic hydroxyl groups excluding tert-OH is 1. The maximum Gasteiger partial charge on any atom is 0.0574 e. The van der Waals surface area contributed by atoms with Crippen LogP contribution in [0.25, 0.3) is 0 Å². The molecule has 1 saturated carbocycles. The standard InChI is InChI=1S/C13H22O2/c1-15-7-3-2-4-13(14)12-9-10-5-6-11(12)8-10/h5-6,10-14H,2-4,7-9H2,1H3. The van der Waals surface area contributed by atoms with Crippen molar-refractivity contribution in [2.75, 3.05) is 13.7 Å². The van der Waals surface area contributed by atoms with E-state index in [2.05, 4.69) is 12.2 Å². The summed E-state index contributed by atoms with van der Waals surface area (Å²) in [7, 11) is 1.73. The predicted molar refractivity (Wildman–Crippen MR) is 60.6 cm³/mol. The van der Waals surface area contributed by atoms with Crippen LogP contribution in [-0.4, -0.2) is 24.9 Å². The number of fused-ring (bicyclic) bond motifs is 2. The van der Waals surface area contributed by atoms with Crippen molar-refractivity contribution >= 4 is 0 Å². The summed E-state index contributed by atoms with van der Waals surface area (Å²) in [6.07, 6.45) is 10.2. The molecular weight excluding hydrogens is 188 g/mol. The highest BCUT2D eigenvalue weighted by atomic mass is 16.5. The largest absolute Gasteiger partial charge is 0.393 e. The van der Waals surface area contributed by atoms with E-state index in [0.29, 0.717) is 11.8 Å². The molecule has 2 bridgehead atoms. The number of ether oxygens (including phenoxy) is 1. The van der Waals surface area contributed by atoms with Crippen LogP contribution in [0.2, 0.25) is 0 Å².